The van der Waals surface area contributed by atoms with E-state index < -0.39 is 5.91 Å². The van der Waals surface area contributed by atoms with E-state index in [0.717, 1.165) is 35.3 Å². The van der Waals surface area contributed by atoms with E-state index in [4.69, 9.17) is 4.74 Å². The molecular formula is C20H20N2O3. The van der Waals surface area contributed by atoms with Crippen LogP contribution < -0.4 is 0 Å². The third kappa shape index (κ3) is 4.14. The van der Waals surface area contributed by atoms with Gasteiger partial charge in [0.05, 0.1) is 19.4 Å². The van der Waals surface area contributed by atoms with Crippen LogP contribution in [0.3, 0.4) is 0 Å². The summed E-state index contributed by atoms with van der Waals surface area (Å²) in [4.78, 5) is 16.6. The maximum Gasteiger partial charge on any atom is 0.296 e. The van der Waals surface area contributed by atoms with E-state index in [1.54, 1.807) is 19.4 Å². The van der Waals surface area contributed by atoms with Crippen LogP contribution in [0.25, 0.3) is 5.57 Å². The molecule has 0 saturated carbocycles. The molecule has 25 heavy (non-hydrogen) atoms. The first-order valence-electron chi connectivity index (χ1n) is 8.12. The summed E-state index contributed by atoms with van der Waals surface area (Å²) >= 11 is 0. The summed E-state index contributed by atoms with van der Waals surface area (Å²) in [5.74, 6) is 0.425. The number of nitrogens with zero attached hydrogens (tertiary/aromatic N) is 2. The van der Waals surface area contributed by atoms with Crippen molar-refractivity contribution >= 4 is 11.5 Å². The second-order valence-corrected chi connectivity index (χ2v) is 5.81. The lowest BCUT2D eigenvalue weighted by Gasteiger charge is -2.16. The summed E-state index contributed by atoms with van der Waals surface area (Å²) in [5.41, 5.74) is 3.11. The maximum atomic E-state index is 12.4. The Morgan fingerprint density at radius 3 is 2.68 bits per heavy atom. The fraction of sp³-hybridized carbons (Fsp3) is 0.200. The smallest absolute Gasteiger partial charge is 0.296 e. The summed E-state index contributed by atoms with van der Waals surface area (Å²) in [6.07, 6.45) is 7.19. The van der Waals surface area contributed by atoms with Gasteiger partial charge < -0.3 is 4.74 Å². The van der Waals surface area contributed by atoms with Gasteiger partial charge in [-0.25, -0.2) is 5.06 Å². The number of amides is 1. The Balaban J connectivity index is 1.76. The van der Waals surface area contributed by atoms with Crippen molar-refractivity contribution < 1.29 is 14.7 Å². The summed E-state index contributed by atoms with van der Waals surface area (Å²) in [5, 5.41) is 10.8. The third-order valence-electron chi connectivity index (χ3n) is 4.13. The fourth-order valence-electron chi connectivity index (χ4n) is 2.74. The molecule has 1 N–H and O–H groups in total. The number of allylic oxidation sites excluding steroid dienone is 4. The van der Waals surface area contributed by atoms with Crippen LogP contribution in [0.4, 0.5) is 0 Å². The predicted octanol–water partition coefficient (Wildman–Crippen LogP) is 3.82. The van der Waals surface area contributed by atoms with Crippen molar-refractivity contribution in [2.75, 3.05) is 7.11 Å². The van der Waals surface area contributed by atoms with Crippen molar-refractivity contribution in [2.24, 2.45) is 0 Å². The van der Waals surface area contributed by atoms with Gasteiger partial charge in [-0.1, -0.05) is 36.4 Å². The number of rotatable bonds is 5. The van der Waals surface area contributed by atoms with E-state index in [9.17, 15) is 10.0 Å². The van der Waals surface area contributed by atoms with Gasteiger partial charge >= 0.3 is 0 Å². The van der Waals surface area contributed by atoms with Crippen LogP contribution in [0, 0.1) is 0 Å². The monoisotopic (exact) mass is 336 g/mol. The number of pyridine rings is 1. The molecule has 1 amide bonds. The lowest BCUT2D eigenvalue weighted by Crippen LogP contribution is -2.27. The minimum Gasteiger partial charge on any atom is -0.501 e. The minimum atomic E-state index is -0.518. The van der Waals surface area contributed by atoms with Crippen LogP contribution in [0.5, 0.6) is 0 Å². The maximum absolute atomic E-state index is 12.4. The van der Waals surface area contributed by atoms with E-state index >= 15 is 0 Å². The molecule has 5 heteroatoms. The van der Waals surface area contributed by atoms with Crippen molar-refractivity contribution in [1.82, 2.24) is 10.0 Å². The zero-order chi connectivity index (χ0) is 17.6. The average molecular weight is 336 g/mol. The number of hydrogen-bond acceptors (Lipinski definition) is 4. The Labute approximate surface area is 146 Å². The summed E-state index contributed by atoms with van der Waals surface area (Å²) in [7, 11) is 1.66. The zero-order valence-electron chi connectivity index (χ0n) is 14.1. The number of hydrogen-bond donors (Lipinski definition) is 1. The minimum absolute atomic E-state index is 0.119. The first-order valence-corrected chi connectivity index (χ1v) is 8.12. The van der Waals surface area contributed by atoms with Crippen LogP contribution in [-0.2, 0) is 11.3 Å². The molecule has 0 unspecified atom stereocenters. The predicted molar refractivity (Wildman–Crippen MR) is 94.6 cm³/mol. The normalized spacial score (nSPS) is 13.7. The van der Waals surface area contributed by atoms with E-state index in [1.165, 1.54) is 0 Å². The molecule has 2 aromatic rings. The molecule has 0 spiro atoms. The number of carbonyl (C=O) groups excluding carboxylic acids is 1. The third-order valence-corrected chi connectivity index (χ3v) is 4.13. The molecule has 0 atom stereocenters. The second kappa shape index (κ2) is 7.77. The van der Waals surface area contributed by atoms with Gasteiger partial charge in [-0.15, -0.1) is 0 Å². The summed E-state index contributed by atoms with van der Waals surface area (Å²) < 4.78 is 5.24. The summed E-state index contributed by atoms with van der Waals surface area (Å²) in [6.45, 7) is 0.119. The first kappa shape index (κ1) is 16.9. The molecule has 0 saturated heterocycles. The largest absolute Gasteiger partial charge is 0.501 e. The van der Waals surface area contributed by atoms with Crippen LogP contribution in [0.2, 0.25) is 0 Å². The number of hydroxylamine groups is 2. The molecule has 0 bridgehead atoms. The highest BCUT2D eigenvalue weighted by Crippen LogP contribution is 2.27. The van der Waals surface area contributed by atoms with Crippen molar-refractivity contribution in [3.05, 3.63) is 83.4 Å². The van der Waals surface area contributed by atoms with Crippen molar-refractivity contribution in [1.29, 1.82) is 0 Å². The van der Waals surface area contributed by atoms with Crippen LogP contribution >= 0.6 is 0 Å². The standard InChI is InChI=1S/C20H20N2O3/c1-25-18-9-7-16(8-10-18)17-11-12-21-19(13-17)20(23)22(24)14-15-5-3-2-4-6-15/h2-7,9,11-13,24H,8,10,14H2,1H3. The first-order chi connectivity index (χ1) is 12.2. The Morgan fingerprint density at radius 2 is 2.00 bits per heavy atom. The molecular weight excluding hydrogens is 316 g/mol. The number of ether oxygens (including phenoxy) is 1. The molecule has 1 aromatic carbocycles. The molecule has 0 fully saturated rings. The molecule has 5 nitrogen and oxygen atoms in total. The van der Waals surface area contributed by atoms with Crippen LogP contribution in [0.15, 0.2) is 66.6 Å². The lowest BCUT2D eigenvalue weighted by atomic mass is 9.96. The van der Waals surface area contributed by atoms with E-state index in [-0.39, 0.29) is 12.2 Å². The van der Waals surface area contributed by atoms with Crippen molar-refractivity contribution in [3.8, 4) is 0 Å². The Morgan fingerprint density at radius 1 is 1.20 bits per heavy atom. The van der Waals surface area contributed by atoms with Gasteiger partial charge in [0, 0.05) is 12.6 Å². The number of methoxy groups -OCH3 is 1. The summed E-state index contributed by atoms with van der Waals surface area (Å²) in [6, 6.07) is 12.9. The van der Waals surface area contributed by atoms with Crippen molar-refractivity contribution in [2.45, 2.75) is 19.4 Å². The molecule has 1 aromatic heterocycles. The van der Waals surface area contributed by atoms with Crippen LogP contribution in [0.1, 0.15) is 34.5 Å². The van der Waals surface area contributed by atoms with E-state index in [0.29, 0.717) is 5.06 Å². The molecule has 0 aliphatic heterocycles. The van der Waals surface area contributed by atoms with Crippen molar-refractivity contribution in [3.63, 3.8) is 0 Å². The van der Waals surface area contributed by atoms with Gasteiger partial charge in [-0.3, -0.25) is 15.0 Å². The van der Waals surface area contributed by atoms with Gasteiger partial charge in [0.15, 0.2) is 0 Å². The number of carbonyl (C=O) groups is 1. The van der Waals surface area contributed by atoms with Gasteiger partial charge in [-0.2, -0.15) is 0 Å². The number of benzene rings is 1. The highest BCUT2D eigenvalue weighted by atomic mass is 16.5. The van der Waals surface area contributed by atoms with Gasteiger partial charge in [0.1, 0.15) is 5.69 Å². The van der Waals surface area contributed by atoms with E-state index in [1.807, 2.05) is 48.6 Å². The van der Waals surface area contributed by atoms with Gasteiger partial charge in [0.25, 0.3) is 5.91 Å². The van der Waals surface area contributed by atoms with Gasteiger partial charge in [0.2, 0.25) is 0 Å². The molecule has 1 aliphatic carbocycles. The molecule has 1 heterocycles. The quantitative estimate of drug-likeness (QED) is 0.666. The molecule has 3 rings (SSSR count). The Hall–Kier alpha value is -2.92. The average Bonchev–Trinajstić information content (AvgIpc) is 2.68. The molecule has 128 valence electrons. The SMILES string of the molecule is COC1=CC=C(c2ccnc(C(=O)N(O)Cc3ccccc3)c2)CC1. The Kier molecular flexibility index (Phi) is 5.26. The molecule has 1 aliphatic rings. The molecule has 0 radical (unpaired) electrons. The zero-order valence-corrected chi connectivity index (χ0v) is 14.1. The van der Waals surface area contributed by atoms with Crippen LogP contribution in [-0.4, -0.2) is 28.3 Å². The Bertz CT molecular complexity index is 813. The fourth-order valence-corrected chi connectivity index (χ4v) is 2.74. The topological polar surface area (TPSA) is 62.7 Å². The highest BCUT2D eigenvalue weighted by molar-refractivity contribution is 5.92. The highest BCUT2D eigenvalue weighted by Gasteiger charge is 2.17. The van der Waals surface area contributed by atoms with E-state index in [2.05, 4.69) is 4.98 Å². The number of aromatic nitrogens is 1. The second-order valence-electron chi connectivity index (χ2n) is 5.81. The van der Waals surface area contributed by atoms with Gasteiger partial charge in [-0.05, 0) is 41.3 Å². The lowest BCUT2D eigenvalue weighted by molar-refractivity contribution is -0.0652.